The maximum absolute atomic E-state index is 11.9. The first-order valence-corrected chi connectivity index (χ1v) is 7.36. The summed E-state index contributed by atoms with van der Waals surface area (Å²) in [4.78, 5) is 25.6. The largest absolute Gasteiger partial charge is 0.325 e. The number of carbonyl (C=O) groups is 2. The van der Waals surface area contributed by atoms with Crippen molar-refractivity contribution in [2.45, 2.75) is 27.7 Å². The van der Waals surface area contributed by atoms with Crippen molar-refractivity contribution in [1.29, 1.82) is 0 Å². The van der Waals surface area contributed by atoms with Gasteiger partial charge in [0.15, 0.2) is 0 Å². The first kappa shape index (κ1) is 17.9. The Morgan fingerprint density at radius 1 is 1.18 bits per heavy atom. The number of hydrogen-bond acceptors (Lipinski definition) is 3. The van der Waals surface area contributed by atoms with Crippen LogP contribution in [0.1, 0.15) is 25.0 Å². The van der Waals surface area contributed by atoms with E-state index in [1.165, 1.54) is 0 Å². The first-order chi connectivity index (χ1) is 10.3. The molecule has 0 atom stereocenters. The summed E-state index contributed by atoms with van der Waals surface area (Å²) in [7, 11) is 0. The van der Waals surface area contributed by atoms with Crippen molar-refractivity contribution in [1.82, 2.24) is 10.2 Å². The summed E-state index contributed by atoms with van der Waals surface area (Å²) in [6, 6.07) is 5.10. The number of aryl methyl sites for hydroxylation is 2. The third kappa shape index (κ3) is 6.10. The van der Waals surface area contributed by atoms with Crippen molar-refractivity contribution in [3.63, 3.8) is 0 Å². The Hall–Kier alpha value is -2.14. The fourth-order valence-electron chi connectivity index (χ4n) is 2.01. The molecule has 0 aliphatic rings. The van der Waals surface area contributed by atoms with Crippen LogP contribution in [0.25, 0.3) is 0 Å². The summed E-state index contributed by atoms with van der Waals surface area (Å²) in [6.07, 6.45) is 0. The van der Waals surface area contributed by atoms with Crippen molar-refractivity contribution in [3.05, 3.63) is 41.5 Å². The van der Waals surface area contributed by atoms with Gasteiger partial charge in [-0.15, -0.1) is 0 Å². The fraction of sp³-hybridized carbons (Fsp3) is 0.412. The second-order valence-corrected chi connectivity index (χ2v) is 5.56. The molecular weight excluding hydrogens is 278 g/mol. The quantitative estimate of drug-likeness (QED) is 0.794. The van der Waals surface area contributed by atoms with Crippen molar-refractivity contribution in [3.8, 4) is 0 Å². The lowest BCUT2D eigenvalue weighted by Gasteiger charge is -2.19. The lowest BCUT2D eigenvalue weighted by atomic mass is 10.1. The molecule has 0 heterocycles. The van der Waals surface area contributed by atoms with E-state index < -0.39 is 6.03 Å². The molecule has 0 radical (unpaired) electrons. The van der Waals surface area contributed by atoms with Crippen LogP contribution in [0.4, 0.5) is 10.5 Å². The smallest absolute Gasteiger partial charge is 0.308 e. The van der Waals surface area contributed by atoms with Crippen LogP contribution >= 0.6 is 0 Å². The lowest BCUT2D eigenvalue weighted by Crippen LogP contribution is -2.42. The van der Waals surface area contributed by atoms with E-state index in [2.05, 4.69) is 17.2 Å². The molecule has 1 aromatic carbocycles. The molecule has 0 spiro atoms. The second kappa shape index (κ2) is 8.34. The molecule has 2 N–H and O–H groups in total. The number of rotatable bonds is 6. The van der Waals surface area contributed by atoms with Crippen molar-refractivity contribution < 1.29 is 9.59 Å². The fourth-order valence-corrected chi connectivity index (χ4v) is 2.01. The molecule has 5 heteroatoms. The first-order valence-electron chi connectivity index (χ1n) is 7.36. The van der Waals surface area contributed by atoms with Crippen LogP contribution in [0, 0.1) is 13.8 Å². The minimum Gasteiger partial charge on any atom is -0.308 e. The van der Waals surface area contributed by atoms with Gasteiger partial charge in [0.05, 0.1) is 6.54 Å². The highest BCUT2D eigenvalue weighted by Crippen LogP contribution is 2.13. The third-order valence-corrected chi connectivity index (χ3v) is 3.33. The predicted molar refractivity (Wildman–Crippen MR) is 90.0 cm³/mol. The van der Waals surface area contributed by atoms with Crippen LogP contribution in [0.2, 0.25) is 0 Å². The molecule has 0 bridgehead atoms. The zero-order valence-corrected chi connectivity index (χ0v) is 13.8. The van der Waals surface area contributed by atoms with Crippen molar-refractivity contribution in [2.24, 2.45) is 0 Å². The summed E-state index contributed by atoms with van der Waals surface area (Å²) < 4.78 is 0. The van der Waals surface area contributed by atoms with Crippen molar-refractivity contribution in [2.75, 3.05) is 25.0 Å². The van der Waals surface area contributed by atoms with Gasteiger partial charge in [0.1, 0.15) is 0 Å². The van der Waals surface area contributed by atoms with Gasteiger partial charge in [-0.3, -0.25) is 15.0 Å². The average Bonchev–Trinajstić information content (AvgIpc) is 2.41. The number of anilines is 1. The van der Waals surface area contributed by atoms with Crippen molar-refractivity contribution >= 4 is 17.6 Å². The Morgan fingerprint density at radius 2 is 1.86 bits per heavy atom. The van der Waals surface area contributed by atoms with E-state index in [1.807, 2.05) is 50.8 Å². The van der Waals surface area contributed by atoms with E-state index in [0.29, 0.717) is 12.2 Å². The summed E-state index contributed by atoms with van der Waals surface area (Å²) in [5.74, 6) is -0.329. The van der Waals surface area contributed by atoms with Gasteiger partial charge in [-0.2, -0.15) is 0 Å². The molecule has 3 amide bonds. The molecule has 1 rings (SSSR count). The zero-order chi connectivity index (χ0) is 16.7. The molecule has 0 aliphatic carbocycles. The Morgan fingerprint density at radius 3 is 2.41 bits per heavy atom. The molecule has 0 saturated carbocycles. The average molecular weight is 303 g/mol. The molecule has 1 aromatic rings. The summed E-state index contributed by atoms with van der Waals surface area (Å²) >= 11 is 0. The van der Waals surface area contributed by atoms with Crippen LogP contribution in [0.3, 0.4) is 0 Å². The van der Waals surface area contributed by atoms with E-state index in [-0.39, 0.29) is 12.5 Å². The van der Waals surface area contributed by atoms with E-state index in [0.717, 1.165) is 23.2 Å². The van der Waals surface area contributed by atoms with E-state index in [4.69, 9.17) is 0 Å². The highest BCUT2D eigenvalue weighted by atomic mass is 16.2. The van der Waals surface area contributed by atoms with Gasteiger partial charge >= 0.3 is 6.03 Å². The molecule has 0 aliphatic heterocycles. The molecule has 0 fully saturated rings. The molecule has 0 unspecified atom stereocenters. The number of likely N-dealkylation sites (N-methyl/N-ethyl adjacent to an activating group) is 1. The molecule has 22 heavy (non-hydrogen) atoms. The lowest BCUT2D eigenvalue weighted by molar-refractivity contribution is -0.120. The van der Waals surface area contributed by atoms with E-state index >= 15 is 0 Å². The number of hydrogen-bond donors (Lipinski definition) is 2. The standard InChI is InChI=1S/C17H25N3O2/c1-6-20(10-12(2)3)11-16(21)19-17(22)18-15-8-7-13(4)14(5)9-15/h7-9H,2,6,10-11H2,1,3-5H3,(H2,18,19,21,22). The van der Waals surface area contributed by atoms with Gasteiger partial charge in [-0.1, -0.05) is 25.1 Å². The monoisotopic (exact) mass is 303 g/mol. The predicted octanol–water partition coefficient (Wildman–Crippen LogP) is 2.85. The number of urea groups is 1. The van der Waals surface area contributed by atoms with E-state index in [1.54, 1.807) is 0 Å². The van der Waals surface area contributed by atoms with E-state index in [9.17, 15) is 9.59 Å². The number of benzene rings is 1. The highest BCUT2D eigenvalue weighted by molar-refractivity contribution is 6.01. The van der Waals surface area contributed by atoms with Crippen LogP contribution in [0.15, 0.2) is 30.4 Å². The summed E-state index contributed by atoms with van der Waals surface area (Å²) in [6.45, 7) is 13.2. The minimum absolute atomic E-state index is 0.170. The second-order valence-electron chi connectivity index (χ2n) is 5.56. The Balaban J connectivity index is 2.51. The molecule has 120 valence electrons. The van der Waals surface area contributed by atoms with Gasteiger partial charge in [0.25, 0.3) is 0 Å². The SMILES string of the molecule is C=C(C)CN(CC)CC(=O)NC(=O)Nc1ccc(C)c(C)c1. The topological polar surface area (TPSA) is 61.4 Å². The number of carbonyl (C=O) groups excluding carboxylic acids is 2. The van der Waals surface area contributed by atoms with Gasteiger partial charge in [0, 0.05) is 12.2 Å². The summed E-state index contributed by atoms with van der Waals surface area (Å²) in [5, 5.41) is 5.01. The number of nitrogens with one attached hydrogen (secondary N) is 2. The molecule has 0 aromatic heterocycles. The van der Waals surface area contributed by atoms with Crippen LogP contribution in [-0.2, 0) is 4.79 Å². The normalized spacial score (nSPS) is 10.4. The summed E-state index contributed by atoms with van der Waals surface area (Å²) in [5.41, 5.74) is 3.89. The van der Waals surface area contributed by atoms with Crippen LogP contribution in [-0.4, -0.2) is 36.5 Å². The molecule has 0 saturated heterocycles. The number of amides is 3. The Bertz CT molecular complexity index is 567. The Kier molecular flexibility index (Phi) is 6.79. The molecular formula is C17H25N3O2. The maximum atomic E-state index is 11.9. The van der Waals surface area contributed by atoms with Gasteiger partial charge in [-0.05, 0) is 50.6 Å². The Labute approximate surface area is 132 Å². The highest BCUT2D eigenvalue weighted by Gasteiger charge is 2.12. The minimum atomic E-state index is -0.514. The van der Waals surface area contributed by atoms with Crippen LogP contribution < -0.4 is 10.6 Å². The van der Waals surface area contributed by atoms with Gasteiger partial charge in [0.2, 0.25) is 5.91 Å². The number of imide groups is 1. The molecule has 5 nitrogen and oxygen atoms in total. The third-order valence-electron chi connectivity index (χ3n) is 3.33. The van der Waals surface area contributed by atoms with Gasteiger partial charge < -0.3 is 5.32 Å². The number of nitrogens with zero attached hydrogens (tertiary/aromatic N) is 1. The van der Waals surface area contributed by atoms with Gasteiger partial charge in [-0.25, -0.2) is 4.79 Å². The maximum Gasteiger partial charge on any atom is 0.325 e. The zero-order valence-electron chi connectivity index (χ0n) is 13.8. The van der Waals surface area contributed by atoms with Crippen LogP contribution in [0.5, 0.6) is 0 Å².